The number of nitrogens with zero attached hydrogens (tertiary/aromatic N) is 1. The average Bonchev–Trinajstić information content (AvgIpc) is 2.33. The number of carbonyl (C=O) groups excluding carboxylic acids is 1. The van der Waals surface area contributed by atoms with Crippen LogP contribution in [0.1, 0.15) is 20.3 Å². The molecule has 0 aromatic rings. The maximum Gasteiger partial charge on any atom is 0.317 e. The first kappa shape index (κ1) is 18.7. The second-order valence-corrected chi connectivity index (χ2v) is 6.36. The van der Waals surface area contributed by atoms with Gasteiger partial charge in [-0.1, -0.05) is 6.92 Å². The Morgan fingerprint density at radius 1 is 1.30 bits per heavy atom. The van der Waals surface area contributed by atoms with E-state index in [0.29, 0.717) is 19.5 Å². The molecule has 0 aromatic heterocycles. The monoisotopic (exact) mass is 309 g/mol. The Morgan fingerprint density at radius 3 is 2.35 bits per heavy atom. The fourth-order valence-corrected chi connectivity index (χ4v) is 1.93. The van der Waals surface area contributed by atoms with Crippen molar-refractivity contribution in [3.63, 3.8) is 0 Å². The molecule has 0 saturated heterocycles. The summed E-state index contributed by atoms with van der Waals surface area (Å²) >= 11 is 0. The molecule has 8 nitrogen and oxygen atoms in total. The van der Waals surface area contributed by atoms with Crippen molar-refractivity contribution >= 4 is 22.0 Å². The van der Waals surface area contributed by atoms with E-state index < -0.39 is 21.9 Å². The molecule has 0 rings (SSSR count). The van der Waals surface area contributed by atoms with E-state index >= 15 is 0 Å². The van der Waals surface area contributed by atoms with Crippen LogP contribution in [0, 0.1) is 5.92 Å². The summed E-state index contributed by atoms with van der Waals surface area (Å²) in [5, 5.41) is 11.4. The molecule has 0 radical (unpaired) electrons. The Kier molecular flexibility index (Phi) is 8.16. The summed E-state index contributed by atoms with van der Waals surface area (Å²) in [5.74, 6) is -1.58. The smallest absolute Gasteiger partial charge is 0.317 e. The molecule has 0 aromatic carbocycles. The molecule has 0 fully saturated rings. The summed E-state index contributed by atoms with van der Waals surface area (Å²) in [7, 11) is -3.21. The summed E-state index contributed by atoms with van der Waals surface area (Å²) in [6.07, 6.45) is 1.53. The van der Waals surface area contributed by atoms with E-state index in [9.17, 15) is 18.0 Å². The van der Waals surface area contributed by atoms with Crippen molar-refractivity contribution < 1.29 is 23.1 Å². The molecular weight excluding hydrogens is 286 g/mol. The number of hydrogen-bond acceptors (Lipinski definition) is 4. The van der Waals surface area contributed by atoms with Gasteiger partial charge in [-0.25, -0.2) is 17.9 Å². The number of nitrogens with one attached hydrogen (secondary N) is 2. The zero-order chi connectivity index (χ0) is 15.8. The van der Waals surface area contributed by atoms with Crippen LogP contribution in [-0.4, -0.2) is 62.9 Å². The van der Waals surface area contributed by atoms with E-state index in [4.69, 9.17) is 5.11 Å². The first-order valence-corrected chi connectivity index (χ1v) is 8.26. The molecule has 118 valence electrons. The van der Waals surface area contributed by atoms with Gasteiger partial charge in [0.1, 0.15) is 0 Å². The number of aliphatic carboxylic acids is 1. The lowest BCUT2D eigenvalue weighted by Gasteiger charge is -2.23. The summed E-state index contributed by atoms with van der Waals surface area (Å²) in [4.78, 5) is 23.9. The molecule has 0 heterocycles. The van der Waals surface area contributed by atoms with E-state index in [1.54, 1.807) is 6.92 Å². The number of rotatable bonds is 9. The predicted molar refractivity (Wildman–Crippen MR) is 74.9 cm³/mol. The van der Waals surface area contributed by atoms with Gasteiger partial charge in [0, 0.05) is 26.2 Å². The minimum Gasteiger partial charge on any atom is -0.481 e. The van der Waals surface area contributed by atoms with Crippen LogP contribution < -0.4 is 10.0 Å². The molecule has 0 bridgehead atoms. The molecule has 0 aliphatic rings. The van der Waals surface area contributed by atoms with Crippen molar-refractivity contribution in [2.75, 3.05) is 32.4 Å². The number of carboxylic acids is 1. The van der Waals surface area contributed by atoms with Gasteiger partial charge in [-0.05, 0) is 13.3 Å². The first-order valence-electron chi connectivity index (χ1n) is 6.37. The van der Waals surface area contributed by atoms with Crippen molar-refractivity contribution in [3.05, 3.63) is 0 Å². The van der Waals surface area contributed by atoms with Crippen LogP contribution in [0.25, 0.3) is 0 Å². The zero-order valence-corrected chi connectivity index (χ0v) is 12.9. The van der Waals surface area contributed by atoms with Crippen LogP contribution in [0.4, 0.5) is 4.79 Å². The molecule has 9 heteroatoms. The van der Waals surface area contributed by atoms with E-state index in [-0.39, 0.29) is 19.1 Å². The van der Waals surface area contributed by atoms with Crippen molar-refractivity contribution in [1.29, 1.82) is 0 Å². The normalized spacial score (nSPS) is 12.8. The van der Waals surface area contributed by atoms with Gasteiger partial charge in [-0.3, -0.25) is 4.79 Å². The van der Waals surface area contributed by atoms with Gasteiger partial charge in [0.05, 0.1) is 12.2 Å². The third-order valence-corrected chi connectivity index (χ3v) is 3.31. The lowest BCUT2D eigenvalue weighted by molar-refractivity contribution is -0.141. The Hall–Kier alpha value is -1.35. The summed E-state index contributed by atoms with van der Waals surface area (Å²) in [6, 6.07) is -0.347. The van der Waals surface area contributed by atoms with Crippen LogP contribution in [-0.2, 0) is 14.8 Å². The highest BCUT2D eigenvalue weighted by Crippen LogP contribution is 2.00. The number of carboxylic acid groups (broad SMARTS) is 1. The van der Waals surface area contributed by atoms with E-state index in [2.05, 4.69) is 10.0 Å². The van der Waals surface area contributed by atoms with Crippen LogP contribution >= 0.6 is 0 Å². The Bertz CT molecular complexity index is 424. The van der Waals surface area contributed by atoms with Gasteiger partial charge in [0.25, 0.3) is 0 Å². The SMILES string of the molecule is CCN(CC(C)C(=O)O)C(=O)NCCCNS(C)(=O)=O. The van der Waals surface area contributed by atoms with Crippen molar-refractivity contribution in [2.24, 2.45) is 5.92 Å². The topological polar surface area (TPSA) is 116 Å². The fraction of sp³-hybridized carbons (Fsp3) is 0.818. The Morgan fingerprint density at radius 2 is 1.90 bits per heavy atom. The van der Waals surface area contributed by atoms with E-state index in [0.717, 1.165) is 6.26 Å². The van der Waals surface area contributed by atoms with Crippen molar-refractivity contribution in [1.82, 2.24) is 14.9 Å². The van der Waals surface area contributed by atoms with Crippen LogP contribution in [0.3, 0.4) is 0 Å². The second-order valence-electron chi connectivity index (χ2n) is 4.53. The standard InChI is InChI=1S/C11H23N3O5S/c1-4-14(8-9(2)10(15)16)11(17)12-6-5-7-13-20(3,18)19/h9,13H,4-8H2,1-3H3,(H,12,17)(H,15,16). The molecule has 0 aliphatic heterocycles. The lowest BCUT2D eigenvalue weighted by atomic mass is 10.2. The molecule has 0 aliphatic carbocycles. The third-order valence-electron chi connectivity index (χ3n) is 2.58. The molecule has 0 spiro atoms. The molecule has 1 unspecified atom stereocenters. The van der Waals surface area contributed by atoms with E-state index in [1.165, 1.54) is 11.8 Å². The molecular formula is C11H23N3O5S. The lowest BCUT2D eigenvalue weighted by Crippen LogP contribution is -2.43. The van der Waals surface area contributed by atoms with Crippen LogP contribution in [0.15, 0.2) is 0 Å². The molecule has 3 N–H and O–H groups in total. The van der Waals surface area contributed by atoms with Gasteiger partial charge < -0.3 is 15.3 Å². The minimum atomic E-state index is -3.21. The van der Waals surface area contributed by atoms with Crippen LogP contribution in [0.2, 0.25) is 0 Å². The number of hydrogen-bond donors (Lipinski definition) is 3. The predicted octanol–water partition coefficient (Wildman–Crippen LogP) is -0.322. The fourth-order valence-electron chi connectivity index (χ4n) is 1.42. The summed E-state index contributed by atoms with van der Waals surface area (Å²) in [6.45, 7) is 4.41. The number of sulfonamides is 1. The quantitative estimate of drug-likeness (QED) is 0.505. The highest BCUT2D eigenvalue weighted by molar-refractivity contribution is 7.88. The second kappa shape index (κ2) is 8.75. The molecule has 1 atom stereocenters. The Labute approximate surface area is 119 Å². The number of carbonyl (C=O) groups is 2. The first-order chi connectivity index (χ1) is 9.17. The van der Waals surface area contributed by atoms with Gasteiger partial charge in [-0.15, -0.1) is 0 Å². The van der Waals surface area contributed by atoms with Gasteiger partial charge in [0.2, 0.25) is 10.0 Å². The van der Waals surface area contributed by atoms with Crippen molar-refractivity contribution in [2.45, 2.75) is 20.3 Å². The maximum absolute atomic E-state index is 11.8. The maximum atomic E-state index is 11.8. The highest BCUT2D eigenvalue weighted by atomic mass is 32.2. The van der Waals surface area contributed by atoms with Crippen molar-refractivity contribution in [3.8, 4) is 0 Å². The average molecular weight is 309 g/mol. The van der Waals surface area contributed by atoms with Crippen LogP contribution in [0.5, 0.6) is 0 Å². The van der Waals surface area contributed by atoms with Gasteiger partial charge in [-0.2, -0.15) is 0 Å². The molecule has 2 amide bonds. The summed E-state index contributed by atoms with van der Waals surface area (Å²) in [5.41, 5.74) is 0. The third kappa shape index (κ3) is 8.70. The van der Waals surface area contributed by atoms with E-state index in [1.807, 2.05) is 0 Å². The van der Waals surface area contributed by atoms with Gasteiger partial charge in [0.15, 0.2) is 0 Å². The summed E-state index contributed by atoms with van der Waals surface area (Å²) < 4.78 is 23.9. The minimum absolute atomic E-state index is 0.138. The zero-order valence-electron chi connectivity index (χ0n) is 12.0. The molecule has 20 heavy (non-hydrogen) atoms. The number of urea groups is 1. The Balaban J connectivity index is 4.02. The number of amides is 2. The highest BCUT2D eigenvalue weighted by Gasteiger charge is 2.18. The molecule has 0 saturated carbocycles. The van der Waals surface area contributed by atoms with Gasteiger partial charge >= 0.3 is 12.0 Å². The largest absolute Gasteiger partial charge is 0.481 e.